The molecule has 0 saturated heterocycles. The Morgan fingerprint density at radius 3 is 2.38 bits per heavy atom. The number of nitrogens with zero attached hydrogens (tertiary/aromatic N) is 2. The van der Waals surface area contributed by atoms with E-state index in [4.69, 9.17) is 15.3 Å². The third-order valence-corrected chi connectivity index (χ3v) is 2.59. The lowest BCUT2D eigenvalue weighted by molar-refractivity contribution is 0.0414. The zero-order valence-electron chi connectivity index (χ0n) is 9.43. The highest BCUT2D eigenvalue weighted by atomic mass is 16.3. The number of aromatic nitrogens is 2. The fourth-order valence-electron chi connectivity index (χ4n) is 1.28. The molecule has 0 amide bonds. The maximum Gasteiger partial charge on any atom is 0.0884 e. The first-order valence-electron chi connectivity index (χ1n) is 5.28. The molecular formula is C10H19N3O3. The van der Waals surface area contributed by atoms with Crippen molar-refractivity contribution >= 4 is 0 Å². The Morgan fingerprint density at radius 2 is 1.94 bits per heavy atom. The van der Waals surface area contributed by atoms with Crippen molar-refractivity contribution in [3.8, 4) is 0 Å². The van der Waals surface area contributed by atoms with E-state index in [1.165, 1.54) is 0 Å². The standard InChI is InChI=1S/C10H19N3O3/c1-2-13-5-9(4-12-13)3-11-10(6-14,7-15)8-16/h4-5,11,14-16H,2-3,6-8H2,1H3. The van der Waals surface area contributed by atoms with Gasteiger partial charge >= 0.3 is 0 Å². The van der Waals surface area contributed by atoms with E-state index in [1.807, 2.05) is 13.1 Å². The van der Waals surface area contributed by atoms with Crippen LogP contribution < -0.4 is 5.32 Å². The number of aliphatic hydroxyl groups is 3. The lowest BCUT2D eigenvalue weighted by atomic mass is 10.0. The average Bonchev–Trinajstić information content (AvgIpc) is 2.80. The van der Waals surface area contributed by atoms with E-state index in [0.717, 1.165) is 12.1 Å². The van der Waals surface area contributed by atoms with Crippen LogP contribution in [0.25, 0.3) is 0 Å². The average molecular weight is 229 g/mol. The maximum atomic E-state index is 9.10. The molecule has 6 nitrogen and oxygen atoms in total. The van der Waals surface area contributed by atoms with Gasteiger partial charge in [-0.25, -0.2) is 0 Å². The second-order valence-corrected chi connectivity index (χ2v) is 3.81. The van der Waals surface area contributed by atoms with Crippen LogP contribution in [0, 0.1) is 0 Å². The van der Waals surface area contributed by atoms with E-state index in [0.29, 0.717) is 6.54 Å². The third kappa shape index (κ3) is 3.02. The molecule has 16 heavy (non-hydrogen) atoms. The first-order chi connectivity index (χ1) is 7.69. The van der Waals surface area contributed by atoms with Crippen LogP contribution in [-0.4, -0.2) is 50.5 Å². The lowest BCUT2D eigenvalue weighted by Gasteiger charge is -2.28. The van der Waals surface area contributed by atoms with E-state index in [-0.39, 0.29) is 19.8 Å². The monoisotopic (exact) mass is 229 g/mol. The van der Waals surface area contributed by atoms with Crippen LogP contribution in [0.15, 0.2) is 12.4 Å². The third-order valence-electron chi connectivity index (χ3n) is 2.59. The van der Waals surface area contributed by atoms with Gasteiger partial charge in [0.15, 0.2) is 0 Å². The zero-order valence-corrected chi connectivity index (χ0v) is 9.43. The molecule has 0 aliphatic carbocycles. The van der Waals surface area contributed by atoms with Gasteiger partial charge < -0.3 is 20.6 Å². The molecule has 0 aliphatic heterocycles. The molecule has 0 spiro atoms. The molecule has 0 radical (unpaired) electrons. The molecule has 1 heterocycles. The summed E-state index contributed by atoms with van der Waals surface area (Å²) in [6.07, 6.45) is 3.59. The minimum Gasteiger partial charge on any atom is -0.394 e. The Morgan fingerprint density at radius 1 is 1.31 bits per heavy atom. The van der Waals surface area contributed by atoms with Crippen LogP contribution in [0.3, 0.4) is 0 Å². The minimum atomic E-state index is -1.03. The SMILES string of the molecule is CCn1cc(CNC(CO)(CO)CO)cn1. The van der Waals surface area contributed by atoms with Gasteiger partial charge in [0, 0.05) is 24.8 Å². The lowest BCUT2D eigenvalue weighted by Crippen LogP contribution is -2.54. The van der Waals surface area contributed by atoms with E-state index < -0.39 is 5.54 Å². The molecule has 1 aromatic heterocycles. The number of rotatable bonds is 7. The molecular weight excluding hydrogens is 210 g/mol. The summed E-state index contributed by atoms with van der Waals surface area (Å²) in [5.74, 6) is 0. The van der Waals surface area contributed by atoms with Crippen molar-refractivity contribution in [2.75, 3.05) is 19.8 Å². The number of aryl methyl sites for hydroxylation is 1. The van der Waals surface area contributed by atoms with Gasteiger partial charge in [-0.15, -0.1) is 0 Å². The van der Waals surface area contributed by atoms with E-state index >= 15 is 0 Å². The van der Waals surface area contributed by atoms with Crippen LogP contribution in [0.5, 0.6) is 0 Å². The molecule has 0 fully saturated rings. The Bertz CT molecular complexity index is 302. The van der Waals surface area contributed by atoms with Gasteiger partial charge in [-0.2, -0.15) is 5.10 Å². The molecule has 0 bridgehead atoms. The molecule has 0 unspecified atom stereocenters. The van der Waals surface area contributed by atoms with Gasteiger partial charge in [-0.1, -0.05) is 0 Å². The second kappa shape index (κ2) is 5.95. The van der Waals surface area contributed by atoms with Gasteiger partial charge in [0.25, 0.3) is 0 Å². The normalized spacial score (nSPS) is 12.0. The van der Waals surface area contributed by atoms with Crippen molar-refractivity contribution in [1.82, 2.24) is 15.1 Å². The van der Waals surface area contributed by atoms with Crippen LogP contribution in [-0.2, 0) is 13.1 Å². The summed E-state index contributed by atoms with van der Waals surface area (Å²) in [7, 11) is 0. The Hall–Kier alpha value is -0.950. The van der Waals surface area contributed by atoms with Crippen molar-refractivity contribution < 1.29 is 15.3 Å². The first-order valence-corrected chi connectivity index (χ1v) is 5.28. The summed E-state index contributed by atoms with van der Waals surface area (Å²) in [5.41, 5.74) is -0.0875. The minimum absolute atomic E-state index is 0.318. The van der Waals surface area contributed by atoms with E-state index in [1.54, 1.807) is 10.9 Å². The molecule has 0 saturated carbocycles. The number of nitrogens with one attached hydrogen (secondary N) is 1. The van der Waals surface area contributed by atoms with Crippen LogP contribution in [0.1, 0.15) is 12.5 Å². The summed E-state index contributed by atoms with van der Waals surface area (Å²) in [4.78, 5) is 0. The largest absolute Gasteiger partial charge is 0.394 e. The Labute approximate surface area is 94.5 Å². The van der Waals surface area contributed by atoms with Crippen molar-refractivity contribution in [3.63, 3.8) is 0 Å². The highest BCUT2D eigenvalue weighted by Gasteiger charge is 2.27. The van der Waals surface area contributed by atoms with E-state index in [2.05, 4.69) is 10.4 Å². The summed E-state index contributed by atoms with van der Waals surface area (Å²) in [5, 5.41) is 34.3. The highest BCUT2D eigenvalue weighted by Crippen LogP contribution is 2.05. The van der Waals surface area contributed by atoms with Crippen molar-refractivity contribution in [3.05, 3.63) is 18.0 Å². The molecule has 1 aromatic rings. The molecule has 1 rings (SSSR count). The van der Waals surface area contributed by atoms with Gasteiger partial charge in [0.05, 0.1) is 31.6 Å². The summed E-state index contributed by atoms with van der Waals surface area (Å²) >= 11 is 0. The maximum absolute atomic E-state index is 9.10. The highest BCUT2D eigenvalue weighted by molar-refractivity contribution is 5.04. The molecule has 6 heteroatoms. The smallest absolute Gasteiger partial charge is 0.0884 e. The second-order valence-electron chi connectivity index (χ2n) is 3.81. The molecule has 0 atom stereocenters. The molecule has 92 valence electrons. The first kappa shape index (κ1) is 13.1. The number of hydrogen-bond acceptors (Lipinski definition) is 5. The Kier molecular flexibility index (Phi) is 4.88. The summed E-state index contributed by atoms with van der Waals surface area (Å²) in [6, 6.07) is 0. The van der Waals surface area contributed by atoms with Gasteiger partial charge in [0.2, 0.25) is 0 Å². The predicted octanol–water partition coefficient (Wildman–Crippen LogP) is -1.29. The van der Waals surface area contributed by atoms with Crippen LogP contribution in [0.2, 0.25) is 0 Å². The van der Waals surface area contributed by atoms with Crippen LogP contribution in [0.4, 0.5) is 0 Å². The number of hydrogen-bond donors (Lipinski definition) is 4. The Balaban J connectivity index is 2.55. The van der Waals surface area contributed by atoms with Crippen molar-refractivity contribution in [1.29, 1.82) is 0 Å². The van der Waals surface area contributed by atoms with Gasteiger partial charge in [-0.3, -0.25) is 4.68 Å². The summed E-state index contributed by atoms with van der Waals surface area (Å²) < 4.78 is 1.79. The predicted molar refractivity (Wildman–Crippen MR) is 58.7 cm³/mol. The molecule has 0 aromatic carbocycles. The fourth-order valence-corrected chi connectivity index (χ4v) is 1.28. The van der Waals surface area contributed by atoms with Crippen LogP contribution >= 0.6 is 0 Å². The summed E-state index contributed by atoms with van der Waals surface area (Å²) in [6.45, 7) is 2.28. The zero-order chi connectivity index (χ0) is 12.0. The topological polar surface area (TPSA) is 90.5 Å². The van der Waals surface area contributed by atoms with Gasteiger partial charge in [-0.05, 0) is 6.92 Å². The molecule has 0 aliphatic rings. The van der Waals surface area contributed by atoms with Gasteiger partial charge in [0.1, 0.15) is 0 Å². The van der Waals surface area contributed by atoms with E-state index in [9.17, 15) is 0 Å². The van der Waals surface area contributed by atoms with Crippen molar-refractivity contribution in [2.24, 2.45) is 0 Å². The quantitative estimate of drug-likeness (QED) is 0.467. The fraction of sp³-hybridized carbons (Fsp3) is 0.700. The van der Waals surface area contributed by atoms with Crippen molar-refractivity contribution in [2.45, 2.75) is 25.6 Å². The molecule has 4 N–H and O–H groups in total. The number of aliphatic hydroxyl groups excluding tert-OH is 3.